The lowest BCUT2D eigenvalue weighted by atomic mass is 10.2. The first-order valence-electron chi connectivity index (χ1n) is 8.15. The SMILES string of the molecule is O=S(=O)(Nc1cc(Cl)ccc1N1CCOCC1)c1cccc(OC(F)(F)F)c1. The van der Waals surface area contributed by atoms with Crippen LogP contribution >= 0.6 is 11.6 Å². The number of alkyl halides is 3. The summed E-state index contributed by atoms with van der Waals surface area (Å²) >= 11 is 6.01. The summed E-state index contributed by atoms with van der Waals surface area (Å²) in [6.07, 6.45) is -4.92. The normalized spacial score (nSPS) is 15.4. The number of sulfonamides is 1. The molecule has 0 aromatic heterocycles. The van der Waals surface area contributed by atoms with Gasteiger partial charge in [-0.2, -0.15) is 0 Å². The zero-order valence-corrected chi connectivity index (χ0v) is 15.9. The van der Waals surface area contributed by atoms with Gasteiger partial charge in [0, 0.05) is 24.2 Å². The molecule has 2 aromatic rings. The van der Waals surface area contributed by atoms with Crippen LogP contribution in [0.1, 0.15) is 0 Å². The van der Waals surface area contributed by atoms with E-state index in [0.717, 1.165) is 18.2 Å². The number of nitrogens with zero attached hydrogens (tertiary/aromatic N) is 1. The quantitative estimate of drug-likeness (QED) is 0.770. The number of morpholine rings is 1. The topological polar surface area (TPSA) is 67.9 Å². The molecule has 0 unspecified atom stereocenters. The third-order valence-corrected chi connectivity index (χ3v) is 5.50. The highest BCUT2D eigenvalue weighted by Crippen LogP contribution is 2.32. The van der Waals surface area contributed by atoms with Crippen LogP contribution in [0, 0.1) is 0 Å². The Kier molecular flexibility index (Phi) is 5.92. The van der Waals surface area contributed by atoms with Crippen molar-refractivity contribution in [2.45, 2.75) is 11.3 Å². The fourth-order valence-electron chi connectivity index (χ4n) is 2.71. The second-order valence-electron chi connectivity index (χ2n) is 5.89. The minimum absolute atomic E-state index is 0.219. The summed E-state index contributed by atoms with van der Waals surface area (Å²) in [5, 5.41) is 0.309. The van der Waals surface area contributed by atoms with Crippen molar-refractivity contribution in [3.63, 3.8) is 0 Å². The van der Waals surface area contributed by atoms with E-state index in [-0.39, 0.29) is 10.6 Å². The average Bonchev–Trinajstić information content (AvgIpc) is 2.61. The summed E-state index contributed by atoms with van der Waals surface area (Å²) in [7, 11) is -4.18. The molecule has 1 aliphatic rings. The highest BCUT2D eigenvalue weighted by molar-refractivity contribution is 7.92. The van der Waals surface area contributed by atoms with Gasteiger partial charge in [-0.25, -0.2) is 8.42 Å². The van der Waals surface area contributed by atoms with E-state index in [1.54, 1.807) is 12.1 Å². The lowest BCUT2D eigenvalue weighted by Crippen LogP contribution is -2.36. The van der Waals surface area contributed by atoms with Gasteiger partial charge in [0.05, 0.1) is 29.5 Å². The third-order valence-electron chi connectivity index (χ3n) is 3.90. The molecule has 0 aliphatic carbocycles. The number of rotatable bonds is 5. The predicted octanol–water partition coefficient (Wildman–Crippen LogP) is 3.88. The van der Waals surface area contributed by atoms with Crippen LogP contribution in [0.5, 0.6) is 5.75 Å². The smallest absolute Gasteiger partial charge is 0.406 e. The molecule has 0 saturated carbocycles. The van der Waals surface area contributed by atoms with E-state index >= 15 is 0 Å². The molecule has 1 N–H and O–H groups in total. The molecule has 0 amide bonds. The van der Waals surface area contributed by atoms with E-state index in [0.29, 0.717) is 37.0 Å². The fraction of sp³-hybridized carbons (Fsp3) is 0.294. The Morgan fingerprint density at radius 1 is 1.11 bits per heavy atom. The van der Waals surface area contributed by atoms with Crippen molar-refractivity contribution < 1.29 is 31.1 Å². The molecular weight excluding hydrogens is 421 g/mol. The fourth-order valence-corrected chi connectivity index (χ4v) is 3.98. The zero-order valence-electron chi connectivity index (χ0n) is 14.4. The van der Waals surface area contributed by atoms with Crippen LogP contribution < -0.4 is 14.4 Å². The molecule has 3 rings (SSSR count). The number of ether oxygens (including phenoxy) is 2. The molecule has 6 nitrogen and oxygen atoms in total. The van der Waals surface area contributed by atoms with Gasteiger partial charge in [-0.15, -0.1) is 13.2 Å². The van der Waals surface area contributed by atoms with Crippen molar-refractivity contribution in [1.29, 1.82) is 0 Å². The zero-order chi connectivity index (χ0) is 20.4. The second-order valence-corrected chi connectivity index (χ2v) is 8.01. The van der Waals surface area contributed by atoms with Crippen LogP contribution in [-0.2, 0) is 14.8 Å². The van der Waals surface area contributed by atoms with Gasteiger partial charge < -0.3 is 14.4 Å². The highest BCUT2D eigenvalue weighted by Gasteiger charge is 2.31. The van der Waals surface area contributed by atoms with E-state index in [9.17, 15) is 21.6 Å². The van der Waals surface area contributed by atoms with Crippen LogP contribution in [-0.4, -0.2) is 41.1 Å². The minimum Gasteiger partial charge on any atom is -0.406 e. The van der Waals surface area contributed by atoms with Crippen molar-refractivity contribution in [2.24, 2.45) is 0 Å². The Balaban J connectivity index is 1.90. The first kappa shape index (κ1) is 20.6. The van der Waals surface area contributed by atoms with Crippen LogP contribution in [0.3, 0.4) is 0 Å². The molecule has 0 bridgehead atoms. The first-order chi connectivity index (χ1) is 13.1. The van der Waals surface area contributed by atoms with Gasteiger partial charge in [0.2, 0.25) is 0 Å². The first-order valence-corrected chi connectivity index (χ1v) is 10.0. The van der Waals surface area contributed by atoms with Gasteiger partial charge in [-0.1, -0.05) is 17.7 Å². The van der Waals surface area contributed by atoms with E-state index in [4.69, 9.17) is 16.3 Å². The lowest BCUT2D eigenvalue weighted by molar-refractivity contribution is -0.274. The molecule has 2 aromatic carbocycles. The molecule has 11 heteroatoms. The number of hydrogen-bond donors (Lipinski definition) is 1. The van der Waals surface area contributed by atoms with Crippen molar-refractivity contribution in [1.82, 2.24) is 0 Å². The predicted molar refractivity (Wildman–Crippen MR) is 98.4 cm³/mol. The van der Waals surface area contributed by atoms with E-state index in [1.165, 1.54) is 12.1 Å². The van der Waals surface area contributed by atoms with Crippen LogP contribution in [0.2, 0.25) is 5.02 Å². The van der Waals surface area contributed by atoms with E-state index in [2.05, 4.69) is 9.46 Å². The summed E-state index contributed by atoms with van der Waals surface area (Å²) < 4.78 is 74.2. The Hall–Kier alpha value is -2.17. The Morgan fingerprint density at radius 3 is 2.50 bits per heavy atom. The maximum Gasteiger partial charge on any atom is 0.573 e. The molecular formula is C17H16ClF3N2O4S. The highest BCUT2D eigenvalue weighted by atomic mass is 35.5. The number of hydrogen-bond acceptors (Lipinski definition) is 5. The molecule has 1 saturated heterocycles. The Bertz CT molecular complexity index is 948. The average molecular weight is 437 g/mol. The lowest BCUT2D eigenvalue weighted by Gasteiger charge is -2.30. The molecule has 1 fully saturated rings. The standard InChI is InChI=1S/C17H16ClF3N2O4S/c18-12-4-5-16(23-6-8-26-9-7-23)15(10-12)22-28(24,25)14-3-1-2-13(11-14)27-17(19,20)21/h1-5,10-11,22H,6-9H2. The largest absolute Gasteiger partial charge is 0.573 e. The maximum absolute atomic E-state index is 12.7. The maximum atomic E-state index is 12.7. The van der Waals surface area contributed by atoms with Crippen molar-refractivity contribution in [3.8, 4) is 5.75 Å². The van der Waals surface area contributed by atoms with Gasteiger partial charge in [0.1, 0.15) is 5.75 Å². The summed E-state index contributed by atoms with van der Waals surface area (Å²) in [6.45, 7) is 2.10. The van der Waals surface area contributed by atoms with Crippen molar-refractivity contribution in [2.75, 3.05) is 35.9 Å². The molecule has 0 atom stereocenters. The minimum atomic E-state index is -4.92. The number of benzene rings is 2. The summed E-state index contributed by atoms with van der Waals surface area (Å²) in [5.41, 5.74) is 0.815. The molecule has 1 heterocycles. The molecule has 28 heavy (non-hydrogen) atoms. The van der Waals surface area contributed by atoms with Gasteiger partial charge in [-0.3, -0.25) is 4.72 Å². The van der Waals surface area contributed by atoms with Crippen LogP contribution in [0.4, 0.5) is 24.5 Å². The van der Waals surface area contributed by atoms with Gasteiger partial charge in [0.15, 0.2) is 0 Å². The van der Waals surface area contributed by atoms with Crippen molar-refractivity contribution >= 4 is 33.0 Å². The van der Waals surface area contributed by atoms with Crippen LogP contribution in [0.15, 0.2) is 47.4 Å². The Labute approximate surface area is 164 Å². The number of anilines is 2. The molecule has 0 radical (unpaired) electrons. The van der Waals surface area contributed by atoms with Crippen LogP contribution in [0.25, 0.3) is 0 Å². The second kappa shape index (κ2) is 8.06. The number of halogens is 4. The third kappa shape index (κ3) is 5.21. The summed E-state index contributed by atoms with van der Waals surface area (Å²) in [4.78, 5) is 1.56. The molecule has 152 valence electrons. The van der Waals surface area contributed by atoms with Gasteiger partial charge >= 0.3 is 6.36 Å². The van der Waals surface area contributed by atoms with E-state index in [1.807, 2.05) is 4.90 Å². The summed E-state index contributed by atoms with van der Waals surface area (Å²) in [5.74, 6) is -0.630. The van der Waals surface area contributed by atoms with Gasteiger partial charge in [-0.05, 0) is 30.3 Å². The number of nitrogens with one attached hydrogen (secondary N) is 1. The molecule has 1 aliphatic heterocycles. The molecule has 0 spiro atoms. The van der Waals surface area contributed by atoms with Gasteiger partial charge in [0.25, 0.3) is 10.0 Å². The monoisotopic (exact) mass is 436 g/mol. The Morgan fingerprint density at radius 2 is 1.82 bits per heavy atom. The van der Waals surface area contributed by atoms with Crippen molar-refractivity contribution in [3.05, 3.63) is 47.5 Å². The summed E-state index contributed by atoms with van der Waals surface area (Å²) in [6, 6.07) is 8.90. The van der Waals surface area contributed by atoms with E-state index < -0.39 is 22.1 Å².